The highest BCUT2D eigenvalue weighted by molar-refractivity contribution is 5.76. The van der Waals surface area contributed by atoms with E-state index in [-0.39, 0.29) is 5.91 Å². The first-order valence-corrected chi connectivity index (χ1v) is 6.63. The predicted octanol–water partition coefficient (Wildman–Crippen LogP) is 0.304. The van der Waals surface area contributed by atoms with Crippen molar-refractivity contribution in [2.45, 2.75) is 39.3 Å². The summed E-state index contributed by atoms with van der Waals surface area (Å²) in [5.41, 5.74) is 0. The molecule has 100 valence electrons. The van der Waals surface area contributed by atoms with Crippen molar-refractivity contribution in [3.63, 3.8) is 0 Å². The zero-order valence-corrected chi connectivity index (χ0v) is 10.9. The van der Waals surface area contributed by atoms with Gasteiger partial charge in [0.2, 0.25) is 5.91 Å². The molecule has 2 heterocycles. The Morgan fingerprint density at radius 3 is 3.06 bits per heavy atom. The molecule has 2 rings (SSSR count). The molecule has 0 radical (unpaired) electrons. The van der Waals surface area contributed by atoms with Crippen molar-refractivity contribution < 1.29 is 4.79 Å². The second-order valence-electron chi connectivity index (χ2n) is 4.71. The van der Waals surface area contributed by atoms with E-state index in [9.17, 15) is 4.79 Å². The number of aromatic nitrogens is 3. The van der Waals surface area contributed by atoms with Crippen LogP contribution in [0.1, 0.15) is 32.0 Å². The Morgan fingerprint density at radius 2 is 2.33 bits per heavy atom. The summed E-state index contributed by atoms with van der Waals surface area (Å²) < 4.78 is 1.94. The molecule has 1 aliphatic rings. The number of amides is 1. The zero-order valence-electron chi connectivity index (χ0n) is 10.9. The number of aryl methyl sites for hydroxylation is 1. The average Bonchev–Trinajstić information content (AvgIpc) is 2.85. The van der Waals surface area contributed by atoms with Crippen molar-refractivity contribution in [2.75, 3.05) is 13.1 Å². The van der Waals surface area contributed by atoms with E-state index in [0.717, 1.165) is 38.3 Å². The highest BCUT2D eigenvalue weighted by atomic mass is 16.1. The molecule has 1 saturated heterocycles. The van der Waals surface area contributed by atoms with Gasteiger partial charge >= 0.3 is 0 Å². The van der Waals surface area contributed by atoms with Crippen LogP contribution in [0.2, 0.25) is 0 Å². The van der Waals surface area contributed by atoms with Crippen LogP contribution >= 0.6 is 0 Å². The van der Waals surface area contributed by atoms with Gasteiger partial charge in [0.1, 0.15) is 6.33 Å². The summed E-state index contributed by atoms with van der Waals surface area (Å²) in [7, 11) is 0. The van der Waals surface area contributed by atoms with E-state index >= 15 is 0 Å². The molecule has 2 N–H and O–H groups in total. The molecule has 0 bridgehead atoms. The number of nitrogens with zero attached hydrogens (tertiary/aromatic N) is 3. The van der Waals surface area contributed by atoms with Gasteiger partial charge < -0.3 is 15.2 Å². The van der Waals surface area contributed by atoms with E-state index in [1.54, 1.807) is 6.33 Å². The van der Waals surface area contributed by atoms with Crippen molar-refractivity contribution in [1.82, 2.24) is 25.4 Å². The van der Waals surface area contributed by atoms with Crippen LogP contribution in [-0.4, -0.2) is 33.8 Å². The van der Waals surface area contributed by atoms with Crippen LogP contribution in [0.25, 0.3) is 0 Å². The van der Waals surface area contributed by atoms with E-state index in [2.05, 4.69) is 20.8 Å². The molecule has 6 heteroatoms. The molecular weight excluding hydrogens is 230 g/mol. The SMILES string of the molecule is CCn1cnnc1CNC(=O)CC1CCNCC1. The first-order chi connectivity index (χ1) is 8.79. The monoisotopic (exact) mass is 251 g/mol. The molecule has 0 aromatic carbocycles. The molecule has 18 heavy (non-hydrogen) atoms. The second-order valence-corrected chi connectivity index (χ2v) is 4.71. The molecule has 1 fully saturated rings. The summed E-state index contributed by atoms with van der Waals surface area (Å²) in [5, 5.41) is 14.1. The average molecular weight is 251 g/mol. The van der Waals surface area contributed by atoms with Crippen molar-refractivity contribution in [2.24, 2.45) is 5.92 Å². The Hall–Kier alpha value is -1.43. The standard InChI is InChI=1S/C12H21N5O/c1-2-17-9-15-16-11(17)8-14-12(18)7-10-3-5-13-6-4-10/h9-10,13H,2-8H2,1H3,(H,14,18). The Balaban J connectivity index is 1.74. The van der Waals surface area contributed by atoms with Crippen LogP contribution in [0, 0.1) is 5.92 Å². The molecule has 6 nitrogen and oxygen atoms in total. The van der Waals surface area contributed by atoms with Gasteiger partial charge in [-0.25, -0.2) is 0 Å². The van der Waals surface area contributed by atoms with E-state index < -0.39 is 0 Å². The lowest BCUT2D eigenvalue weighted by Gasteiger charge is -2.21. The molecule has 0 saturated carbocycles. The van der Waals surface area contributed by atoms with Crippen LogP contribution < -0.4 is 10.6 Å². The topological polar surface area (TPSA) is 71.8 Å². The summed E-state index contributed by atoms with van der Waals surface area (Å²) in [6, 6.07) is 0. The minimum absolute atomic E-state index is 0.118. The van der Waals surface area contributed by atoms with E-state index in [1.165, 1.54) is 0 Å². The molecule has 0 spiro atoms. The number of nitrogens with one attached hydrogen (secondary N) is 2. The summed E-state index contributed by atoms with van der Waals surface area (Å²) >= 11 is 0. The lowest BCUT2D eigenvalue weighted by molar-refractivity contribution is -0.122. The molecule has 1 aromatic rings. The summed E-state index contributed by atoms with van der Waals surface area (Å²) in [6.45, 7) is 5.39. The van der Waals surface area contributed by atoms with Crippen molar-refractivity contribution >= 4 is 5.91 Å². The highest BCUT2D eigenvalue weighted by Crippen LogP contribution is 2.15. The second kappa shape index (κ2) is 6.49. The lowest BCUT2D eigenvalue weighted by Crippen LogP contribution is -2.32. The Kier molecular flexibility index (Phi) is 4.69. The molecule has 0 unspecified atom stereocenters. The van der Waals surface area contributed by atoms with Crippen LogP contribution in [-0.2, 0) is 17.9 Å². The molecule has 0 atom stereocenters. The summed E-state index contributed by atoms with van der Waals surface area (Å²) in [4.78, 5) is 11.8. The molecule has 1 amide bonds. The van der Waals surface area contributed by atoms with Gasteiger partial charge in [-0.2, -0.15) is 0 Å². The summed E-state index contributed by atoms with van der Waals surface area (Å²) in [5.74, 6) is 1.46. The Morgan fingerprint density at radius 1 is 1.56 bits per heavy atom. The zero-order chi connectivity index (χ0) is 12.8. The number of rotatable bonds is 5. The van der Waals surface area contributed by atoms with Crippen molar-refractivity contribution in [3.05, 3.63) is 12.2 Å². The quantitative estimate of drug-likeness (QED) is 0.789. The summed E-state index contributed by atoms with van der Waals surface area (Å²) in [6.07, 6.45) is 4.51. The van der Waals surface area contributed by atoms with E-state index in [0.29, 0.717) is 18.9 Å². The maximum Gasteiger partial charge on any atom is 0.220 e. The van der Waals surface area contributed by atoms with Gasteiger partial charge in [-0.15, -0.1) is 10.2 Å². The van der Waals surface area contributed by atoms with Gasteiger partial charge in [0.25, 0.3) is 0 Å². The number of carbonyl (C=O) groups excluding carboxylic acids is 1. The number of carbonyl (C=O) groups is 1. The van der Waals surface area contributed by atoms with Crippen molar-refractivity contribution in [3.8, 4) is 0 Å². The van der Waals surface area contributed by atoms with Crippen LogP contribution in [0.4, 0.5) is 0 Å². The highest BCUT2D eigenvalue weighted by Gasteiger charge is 2.16. The Bertz CT molecular complexity index is 384. The normalized spacial score (nSPS) is 16.7. The first kappa shape index (κ1) is 13.0. The van der Waals surface area contributed by atoms with Gasteiger partial charge in [-0.1, -0.05) is 0 Å². The minimum Gasteiger partial charge on any atom is -0.349 e. The third-order valence-electron chi connectivity index (χ3n) is 3.41. The molecular formula is C12H21N5O. The third kappa shape index (κ3) is 3.53. The predicted molar refractivity (Wildman–Crippen MR) is 67.8 cm³/mol. The van der Waals surface area contributed by atoms with Gasteiger partial charge in [0.05, 0.1) is 6.54 Å². The number of piperidine rings is 1. The van der Waals surface area contributed by atoms with Crippen LogP contribution in [0.15, 0.2) is 6.33 Å². The molecule has 1 aromatic heterocycles. The van der Waals surface area contributed by atoms with Crippen LogP contribution in [0.3, 0.4) is 0 Å². The Labute approximate surface area is 107 Å². The lowest BCUT2D eigenvalue weighted by atomic mass is 9.94. The van der Waals surface area contributed by atoms with Gasteiger partial charge in [0, 0.05) is 13.0 Å². The minimum atomic E-state index is 0.118. The fourth-order valence-corrected chi connectivity index (χ4v) is 2.28. The number of hydrogen-bond acceptors (Lipinski definition) is 4. The van der Waals surface area contributed by atoms with E-state index in [1.807, 2.05) is 11.5 Å². The van der Waals surface area contributed by atoms with E-state index in [4.69, 9.17) is 0 Å². The largest absolute Gasteiger partial charge is 0.349 e. The number of hydrogen-bond donors (Lipinski definition) is 2. The maximum atomic E-state index is 11.8. The van der Waals surface area contributed by atoms with Gasteiger partial charge in [0.15, 0.2) is 5.82 Å². The van der Waals surface area contributed by atoms with Gasteiger partial charge in [-0.3, -0.25) is 4.79 Å². The fraction of sp³-hybridized carbons (Fsp3) is 0.750. The van der Waals surface area contributed by atoms with Crippen molar-refractivity contribution in [1.29, 1.82) is 0 Å². The maximum absolute atomic E-state index is 11.8. The molecule has 1 aliphatic heterocycles. The fourth-order valence-electron chi connectivity index (χ4n) is 2.28. The smallest absolute Gasteiger partial charge is 0.220 e. The van der Waals surface area contributed by atoms with Gasteiger partial charge in [-0.05, 0) is 38.8 Å². The first-order valence-electron chi connectivity index (χ1n) is 6.63. The molecule has 0 aliphatic carbocycles. The third-order valence-corrected chi connectivity index (χ3v) is 3.41. The van der Waals surface area contributed by atoms with Crippen LogP contribution in [0.5, 0.6) is 0 Å².